The van der Waals surface area contributed by atoms with Gasteiger partial charge in [-0.2, -0.15) is 5.10 Å². The smallest absolute Gasteiger partial charge is 0.142 e. The highest BCUT2D eigenvalue weighted by Gasteiger charge is 2.24. The van der Waals surface area contributed by atoms with Gasteiger partial charge in [0.15, 0.2) is 0 Å². The first-order valence-corrected chi connectivity index (χ1v) is 12.1. The molecule has 1 aliphatic carbocycles. The third-order valence-corrected chi connectivity index (χ3v) is 7.77. The quantitative estimate of drug-likeness (QED) is 0.347. The summed E-state index contributed by atoms with van der Waals surface area (Å²) in [7, 11) is 0. The van der Waals surface area contributed by atoms with Gasteiger partial charge in [0, 0.05) is 16.0 Å². The van der Waals surface area contributed by atoms with E-state index in [1.807, 2.05) is 23.6 Å². The van der Waals surface area contributed by atoms with Gasteiger partial charge >= 0.3 is 0 Å². The van der Waals surface area contributed by atoms with Crippen molar-refractivity contribution in [3.63, 3.8) is 0 Å². The minimum Gasteiger partial charge on any atom is -0.340 e. The number of thiophene rings is 1. The third-order valence-electron chi connectivity index (χ3n) is 6.60. The second-order valence-corrected chi connectivity index (χ2v) is 9.69. The standard InChI is InChI=1S/C26H25N5S/c1-2-17-8-10-21-23(12-17)32-26-24(21)25(27-16-28-26)30-20-9-11-22-19(13-20)14-29-31(22)15-18-6-4-3-5-7-18/h3-7,9,11,13-14,16-17H,2,8,10,12,15H2,1H3,(H,27,28,30). The molecule has 1 aliphatic rings. The Morgan fingerprint density at radius 1 is 1.12 bits per heavy atom. The molecule has 0 fully saturated rings. The average Bonchev–Trinajstić information content (AvgIpc) is 3.40. The number of anilines is 2. The summed E-state index contributed by atoms with van der Waals surface area (Å²) in [6.07, 6.45) is 8.44. The van der Waals surface area contributed by atoms with Crippen molar-refractivity contribution in [2.24, 2.45) is 5.92 Å². The summed E-state index contributed by atoms with van der Waals surface area (Å²) < 4.78 is 2.05. The van der Waals surface area contributed by atoms with Crippen molar-refractivity contribution in [1.29, 1.82) is 0 Å². The van der Waals surface area contributed by atoms with Crippen molar-refractivity contribution in [3.05, 3.63) is 77.1 Å². The summed E-state index contributed by atoms with van der Waals surface area (Å²) in [4.78, 5) is 11.8. The van der Waals surface area contributed by atoms with E-state index in [9.17, 15) is 0 Å². The fourth-order valence-corrected chi connectivity index (χ4v) is 6.11. The highest BCUT2D eigenvalue weighted by atomic mass is 32.1. The molecule has 0 aliphatic heterocycles. The first-order chi connectivity index (χ1) is 15.8. The molecule has 0 radical (unpaired) electrons. The van der Waals surface area contributed by atoms with Crippen molar-refractivity contribution in [1.82, 2.24) is 19.7 Å². The largest absolute Gasteiger partial charge is 0.340 e. The maximum absolute atomic E-state index is 4.63. The van der Waals surface area contributed by atoms with Gasteiger partial charge in [-0.3, -0.25) is 4.68 Å². The summed E-state index contributed by atoms with van der Waals surface area (Å²) in [5.41, 5.74) is 4.86. The summed E-state index contributed by atoms with van der Waals surface area (Å²) in [5, 5.41) is 10.5. The molecule has 0 saturated carbocycles. The first kappa shape index (κ1) is 19.4. The number of hydrogen-bond acceptors (Lipinski definition) is 5. The van der Waals surface area contributed by atoms with Crippen molar-refractivity contribution in [3.8, 4) is 0 Å². The number of aromatic nitrogens is 4. The van der Waals surface area contributed by atoms with Crippen LogP contribution in [0.3, 0.4) is 0 Å². The topological polar surface area (TPSA) is 55.6 Å². The molecule has 2 aromatic carbocycles. The third kappa shape index (κ3) is 3.45. The minimum atomic E-state index is 0.767. The molecule has 0 bridgehead atoms. The molecule has 3 heterocycles. The van der Waals surface area contributed by atoms with Crippen LogP contribution in [0.1, 0.15) is 35.8 Å². The maximum Gasteiger partial charge on any atom is 0.142 e. The van der Waals surface area contributed by atoms with E-state index in [1.165, 1.54) is 40.7 Å². The number of nitrogens with zero attached hydrogens (tertiary/aromatic N) is 4. The molecule has 5 nitrogen and oxygen atoms in total. The van der Waals surface area contributed by atoms with Crippen LogP contribution in [-0.2, 0) is 19.4 Å². The molecule has 1 unspecified atom stereocenters. The van der Waals surface area contributed by atoms with Gasteiger partial charge in [-0.05, 0) is 54.5 Å². The van der Waals surface area contributed by atoms with E-state index < -0.39 is 0 Å². The fourth-order valence-electron chi connectivity index (χ4n) is 4.81. The van der Waals surface area contributed by atoms with Crippen LogP contribution in [0.15, 0.2) is 61.1 Å². The summed E-state index contributed by atoms with van der Waals surface area (Å²) >= 11 is 1.85. The number of rotatable bonds is 5. The Labute approximate surface area is 191 Å². The molecule has 1 N–H and O–H groups in total. The average molecular weight is 440 g/mol. The molecule has 160 valence electrons. The Morgan fingerprint density at radius 2 is 2.03 bits per heavy atom. The van der Waals surface area contributed by atoms with Crippen LogP contribution in [0, 0.1) is 5.92 Å². The van der Waals surface area contributed by atoms with Gasteiger partial charge in [0.1, 0.15) is 17.0 Å². The summed E-state index contributed by atoms with van der Waals surface area (Å²) in [6.45, 7) is 3.07. The lowest BCUT2D eigenvalue weighted by molar-refractivity contribution is 0.451. The van der Waals surface area contributed by atoms with Crippen molar-refractivity contribution in [2.75, 3.05) is 5.32 Å². The van der Waals surface area contributed by atoms with Crippen molar-refractivity contribution in [2.45, 2.75) is 39.2 Å². The van der Waals surface area contributed by atoms with E-state index in [2.05, 4.69) is 74.5 Å². The van der Waals surface area contributed by atoms with E-state index >= 15 is 0 Å². The first-order valence-electron chi connectivity index (χ1n) is 11.3. The van der Waals surface area contributed by atoms with Crippen LogP contribution in [0.5, 0.6) is 0 Å². The highest BCUT2D eigenvalue weighted by molar-refractivity contribution is 7.19. The van der Waals surface area contributed by atoms with Crippen LogP contribution >= 0.6 is 11.3 Å². The second-order valence-electron chi connectivity index (χ2n) is 8.61. The van der Waals surface area contributed by atoms with E-state index in [1.54, 1.807) is 6.33 Å². The van der Waals surface area contributed by atoms with Gasteiger partial charge in [-0.25, -0.2) is 9.97 Å². The molecule has 5 aromatic rings. The fraction of sp³-hybridized carbons (Fsp3) is 0.269. The van der Waals surface area contributed by atoms with E-state index in [0.29, 0.717) is 0 Å². The van der Waals surface area contributed by atoms with Gasteiger partial charge in [0.25, 0.3) is 0 Å². The zero-order chi connectivity index (χ0) is 21.5. The van der Waals surface area contributed by atoms with Crippen LogP contribution in [0.2, 0.25) is 0 Å². The Bertz CT molecular complexity index is 1400. The van der Waals surface area contributed by atoms with Gasteiger partial charge in [0.2, 0.25) is 0 Å². The van der Waals surface area contributed by atoms with Crippen molar-refractivity contribution < 1.29 is 0 Å². The molecule has 3 aromatic heterocycles. The molecule has 6 heteroatoms. The molecular formula is C26H25N5S. The van der Waals surface area contributed by atoms with E-state index in [0.717, 1.165) is 46.1 Å². The predicted molar refractivity (Wildman–Crippen MR) is 132 cm³/mol. The molecule has 6 rings (SSSR count). The van der Waals surface area contributed by atoms with Gasteiger partial charge in [0.05, 0.1) is 23.6 Å². The van der Waals surface area contributed by atoms with Crippen molar-refractivity contribution >= 4 is 44.0 Å². The predicted octanol–water partition coefficient (Wildman–Crippen LogP) is 6.35. The molecule has 1 atom stereocenters. The van der Waals surface area contributed by atoms with Crippen LogP contribution in [0.25, 0.3) is 21.1 Å². The number of hydrogen-bond donors (Lipinski definition) is 1. The maximum atomic E-state index is 4.63. The lowest BCUT2D eigenvalue weighted by atomic mass is 9.86. The van der Waals surface area contributed by atoms with Crippen LogP contribution < -0.4 is 5.32 Å². The lowest BCUT2D eigenvalue weighted by Gasteiger charge is -2.20. The van der Waals surface area contributed by atoms with Gasteiger partial charge < -0.3 is 5.32 Å². The normalized spacial score (nSPS) is 15.8. The summed E-state index contributed by atoms with van der Waals surface area (Å²) in [5.74, 6) is 1.72. The van der Waals surface area contributed by atoms with E-state index in [4.69, 9.17) is 0 Å². The lowest BCUT2D eigenvalue weighted by Crippen LogP contribution is -2.11. The zero-order valence-electron chi connectivity index (χ0n) is 18.1. The van der Waals surface area contributed by atoms with Crippen LogP contribution in [-0.4, -0.2) is 19.7 Å². The molecule has 0 saturated heterocycles. The minimum absolute atomic E-state index is 0.767. The highest BCUT2D eigenvalue weighted by Crippen LogP contribution is 2.41. The number of fused-ring (bicyclic) bond motifs is 4. The molecule has 0 spiro atoms. The van der Waals surface area contributed by atoms with Gasteiger partial charge in [-0.1, -0.05) is 43.7 Å². The number of aryl methyl sites for hydroxylation is 1. The van der Waals surface area contributed by atoms with Crippen LogP contribution in [0.4, 0.5) is 11.5 Å². The van der Waals surface area contributed by atoms with Gasteiger partial charge in [-0.15, -0.1) is 11.3 Å². The van der Waals surface area contributed by atoms with E-state index in [-0.39, 0.29) is 0 Å². The SMILES string of the molecule is CCC1CCc2c(sc3ncnc(Nc4ccc5c(cnn5Cc5ccccc5)c4)c23)C1. The molecule has 0 amide bonds. The molecular weight excluding hydrogens is 414 g/mol. The number of benzene rings is 2. The monoisotopic (exact) mass is 439 g/mol. The Morgan fingerprint density at radius 3 is 2.91 bits per heavy atom. The summed E-state index contributed by atoms with van der Waals surface area (Å²) in [6, 6.07) is 16.9. The Kier molecular flexibility index (Phi) is 4.87. The second kappa shape index (κ2) is 8.02. The Hall–Kier alpha value is -3.25. The number of nitrogens with one attached hydrogen (secondary N) is 1. The molecule has 32 heavy (non-hydrogen) atoms. The Balaban J connectivity index is 1.32. The zero-order valence-corrected chi connectivity index (χ0v) is 18.9.